The molecule has 5 nitrogen and oxygen atoms in total. The Balaban J connectivity index is 2.18. The quantitative estimate of drug-likeness (QED) is 0.821. The second kappa shape index (κ2) is 7.89. The zero-order valence-electron chi connectivity index (χ0n) is 14.4. The number of anilines is 2. The predicted molar refractivity (Wildman–Crippen MR) is 103 cm³/mol. The fraction of sp³-hybridized carbons (Fsp3) is 0.278. The summed E-state index contributed by atoms with van der Waals surface area (Å²) in [4.78, 5) is 12.3. The normalized spacial score (nSPS) is 11.2. The maximum Gasteiger partial charge on any atom is 0.255 e. The van der Waals surface area contributed by atoms with Crippen molar-refractivity contribution in [3.05, 3.63) is 58.6 Å². The smallest absolute Gasteiger partial charge is 0.255 e. The van der Waals surface area contributed by atoms with Gasteiger partial charge in [0.2, 0.25) is 10.0 Å². The number of amides is 1. The molecule has 0 bridgehead atoms. The van der Waals surface area contributed by atoms with Crippen molar-refractivity contribution in [2.75, 3.05) is 21.9 Å². The highest BCUT2D eigenvalue weighted by molar-refractivity contribution is 7.92. The van der Waals surface area contributed by atoms with Gasteiger partial charge in [0.05, 0.1) is 11.4 Å². The molecule has 0 unspecified atom stereocenters. The third-order valence-corrected chi connectivity index (χ3v) is 6.11. The molecule has 0 atom stereocenters. The van der Waals surface area contributed by atoms with Crippen LogP contribution in [0, 0.1) is 6.92 Å². The Morgan fingerprint density at radius 3 is 2.28 bits per heavy atom. The van der Waals surface area contributed by atoms with Crippen LogP contribution in [0.2, 0.25) is 5.02 Å². The van der Waals surface area contributed by atoms with E-state index >= 15 is 0 Å². The van der Waals surface area contributed by atoms with E-state index in [1.165, 1.54) is 4.31 Å². The number of benzene rings is 2. The first-order valence-electron chi connectivity index (χ1n) is 7.96. The molecular weight excluding hydrogens is 360 g/mol. The van der Waals surface area contributed by atoms with Crippen LogP contribution in [-0.4, -0.2) is 26.6 Å². The van der Waals surface area contributed by atoms with Crippen LogP contribution < -0.4 is 9.62 Å². The molecule has 0 saturated heterocycles. The lowest BCUT2D eigenvalue weighted by atomic mass is 10.1. The van der Waals surface area contributed by atoms with E-state index in [1.807, 2.05) is 13.0 Å². The summed E-state index contributed by atoms with van der Waals surface area (Å²) in [5, 5.41) is 3.36. The second-order valence-electron chi connectivity index (χ2n) is 5.53. The largest absolute Gasteiger partial charge is 0.322 e. The van der Waals surface area contributed by atoms with Gasteiger partial charge in [-0.15, -0.1) is 0 Å². The Hall–Kier alpha value is -2.05. The Labute approximate surface area is 153 Å². The molecule has 0 aliphatic rings. The minimum atomic E-state index is -3.34. The summed E-state index contributed by atoms with van der Waals surface area (Å²) in [5.41, 5.74) is 2.51. The first-order chi connectivity index (χ1) is 11.8. The number of carbonyl (C=O) groups is 1. The standard InChI is InChI=1S/C18H21ClN2O3S/c1-4-21(25(23,24)5-2)16-10-7-14(8-11-16)18(22)20-15-9-6-13(3)17(19)12-15/h6-12H,4-5H2,1-3H3,(H,20,22). The number of hydrogen-bond acceptors (Lipinski definition) is 3. The molecule has 1 N–H and O–H groups in total. The van der Waals surface area contributed by atoms with Crippen molar-refractivity contribution >= 4 is 38.9 Å². The molecule has 2 rings (SSSR count). The average molecular weight is 381 g/mol. The molecule has 2 aromatic rings. The Morgan fingerprint density at radius 2 is 1.76 bits per heavy atom. The van der Waals surface area contributed by atoms with Crippen LogP contribution in [0.15, 0.2) is 42.5 Å². The minimum absolute atomic E-state index is 0.0251. The van der Waals surface area contributed by atoms with Gasteiger partial charge in [-0.3, -0.25) is 9.10 Å². The third-order valence-electron chi connectivity index (χ3n) is 3.83. The minimum Gasteiger partial charge on any atom is -0.322 e. The Kier molecular flexibility index (Phi) is 6.08. The lowest BCUT2D eigenvalue weighted by molar-refractivity contribution is 0.102. The summed E-state index contributed by atoms with van der Waals surface area (Å²) < 4.78 is 25.5. The first-order valence-corrected chi connectivity index (χ1v) is 9.95. The van der Waals surface area contributed by atoms with Gasteiger partial charge in [0.1, 0.15) is 0 Å². The van der Waals surface area contributed by atoms with E-state index in [9.17, 15) is 13.2 Å². The van der Waals surface area contributed by atoms with Crippen molar-refractivity contribution in [1.82, 2.24) is 0 Å². The molecule has 0 aliphatic heterocycles. The highest BCUT2D eigenvalue weighted by Gasteiger charge is 2.19. The number of rotatable bonds is 6. The van der Waals surface area contributed by atoms with Crippen molar-refractivity contribution in [2.24, 2.45) is 0 Å². The van der Waals surface area contributed by atoms with Crippen LogP contribution in [0.25, 0.3) is 0 Å². The SMILES string of the molecule is CCN(c1ccc(C(=O)Nc2ccc(C)c(Cl)c2)cc1)S(=O)(=O)CC. The number of hydrogen-bond donors (Lipinski definition) is 1. The van der Waals surface area contributed by atoms with Crippen molar-refractivity contribution in [1.29, 1.82) is 0 Å². The van der Waals surface area contributed by atoms with Crippen molar-refractivity contribution in [3.8, 4) is 0 Å². The van der Waals surface area contributed by atoms with E-state index in [2.05, 4.69) is 5.32 Å². The van der Waals surface area contributed by atoms with E-state index in [1.54, 1.807) is 50.2 Å². The molecule has 0 saturated carbocycles. The number of carbonyl (C=O) groups excluding carboxylic acids is 1. The topological polar surface area (TPSA) is 66.5 Å². The number of aryl methyl sites for hydroxylation is 1. The zero-order chi connectivity index (χ0) is 18.6. The molecule has 25 heavy (non-hydrogen) atoms. The number of halogens is 1. The highest BCUT2D eigenvalue weighted by atomic mass is 35.5. The summed E-state index contributed by atoms with van der Waals surface area (Å²) in [7, 11) is -3.34. The van der Waals surface area contributed by atoms with Crippen LogP contribution in [0.4, 0.5) is 11.4 Å². The molecule has 0 aromatic heterocycles. The van der Waals surface area contributed by atoms with Crippen LogP contribution in [0.5, 0.6) is 0 Å². The maximum absolute atomic E-state index is 12.3. The maximum atomic E-state index is 12.3. The molecule has 0 radical (unpaired) electrons. The van der Waals surface area contributed by atoms with Crippen molar-refractivity contribution in [2.45, 2.75) is 20.8 Å². The van der Waals surface area contributed by atoms with E-state index < -0.39 is 10.0 Å². The van der Waals surface area contributed by atoms with E-state index in [0.717, 1.165) is 5.56 Å². The van der Waals surface area contributed by atoms with Gasteiger partial charge < -0.3 is 5.32 Å². The second-order valence-corrected chi connectivity index (χ2v) is 8.12. The van der Waals surface area contributed by atoms with Gasteiger partial charge in [-0.2, -0.15) is 0 Å². The molecule has 0 aliphatic carbocycles. The van der Waals surface area contributed by atoms with Crippen LogP contribution in [0.1, 0.15) is 29.8 Å². The van der Waals surface area contributed by atoms with Gasteiger partial charge in [0, 0.05) is 22.8 Å². The number of nitrogens with one attached hydrogen (secondary N) is 1. The van der Waals surface area contributed by atoms with Gasteiger partial charge >= 0.3 is 0 Å². The number of sulfonamides is 1. The third kappa shape index (κ3) is 4.52. The fourth-order valence-electron chi connectivity index (χ4n) is 2.35. The van der Waals surface area contributed by atoms with Crippen molar-refractivity contribution in [3.63, 3.8) is 0 Å². The Morgan fingerprint density at radius 1 is 1.12 bits per heavy atom. The lowest BCUT2D eigenvalue weighted by Gasteiger charge is -2.22. The average Bonchev–Trinajstić information content (AvgIpc) is 2.59. The van der Waals surface area contributed by atoms with Gasteiger partial charge in [-0.1, -0.05) is 17.7 Å². The molecular formula is C18H21ClN2O3S. The molecule has 134 valence electrons. The van der Waals surface area contributed by atoms with Crippen molar-refractivity contribution < 1.29 is 13.2 Å². The van der Waals surface area contributed by atoms with Gasteiger partial charge in [-0.05, 0) is 62.7 Å². The summed E-state index contributed by atoms with van der Waals surface area (Å²) >= 11 is 6.06. The molecule has 1 amide bonds. The number of nitrogens with zero attached hydrogens (tertiary/aromatic N) is 1. The first kappa shape index (κ1) is 19.3. The summed E-state index contributed by atoms with van der Waals surface area (Å²) in [5.74, 6) is -0.259. The molecule has 0 spiro atoms. The summed E-state index contributed by atoms with van der Waals surface area (Å²) in [6, 6.07) is 11.8. The van der Waals surface area contributed by atoms with E-state index in [4.69, 9.17) is 11.6 Å². The fourth-order valence-corrected chi connectivity index (χ4v) is 3.68. The van der Waals surface area contributed by atoms with Crippen LogP contribution in [-0.2, 0) is 10.0 Å². The molecule has 2 aromatic carbocycles. The monoisotopic (exact) mass is 380 g/mol. The van der Waals surface area contributed by atoms with E-state index in [0.29, 0.717) is 28.5 Å². The highest BCUT2D eigenvalue weighted by Crippen LogP contribution is 2.22. The van der Waals surface area contributed by atoms with E-state index in [-0.39, 0.29) is 11.7 Å². The van der Waals surface area contributed by atoms with Crippen LogP contribution >= 0.6 is 11.6 Å². The van der Waals surface area contributed by atoms with Gasteiger partial charge in [-0.25, -0.2) is 8.42 Å². The summed E-state index contributed by atoms with van der Waals surface area (Å²) in [6.07, 6.45) is 0. The lowest BCUT2D eigenvalue weighted by Crippen LogP contribution is -2.32. The van der Waals surface area contributed by atoms with Crippen LogP contribution in [0.3, 0.4) is 0 Å². The zero-order valence-corrected chi connectivity index (χ0v) is 16.0. The summed E-state index contributed by atoms with van der Waals surface area (Å²) in [6.45, 7) is 5.60. The molecule has 0 fully saturated rings. The van der Waals surface area contributed by atoms with Gasteiger partial charge in [0.25, 0.3) is 5.91 Å². The van der Waals surface area contributed by atoms with Gasteiger partial charge in [0.15, 0.2) is 0 Å². The Bertz CT molecular complexity index is 864. The predicted octanol–water partition coefficient (Wildman–Crippen LogP) is 4.08. The molecule has 0 heterocycles. The molecule has 7 heteroatoms.